The van der Waals surface area contributed by atoms with E-state index in [1.807, 2.05) is 43.3 Å². The van der Waals surface area contributed by atoms with Gasteiger partial charge in [0.1, 0.15) is 11.4 Å². The number of rotatable bonds is 3. The Morgan fingerprint density at radius 2 is 1.65 bits per heavy atom. The Hall–Kier alpha value is -4.00. The first kappa shape index (κ1) is 20.3. The monoisotopic (exact) mass is 414 g/mol. The number of allylic oxidation sites excluding steroid dienone is 1. The van der Waals surface area contributed by atoms with Crippen molar-refractivity contribution in [2.45, 2.75) is 25.8 Å². The Bertz CT molecular complexity index is 1200. The molecule has 0 fully saturated rings. The summed E-state index contributed by atoms with van der Waals surface area (Å²) in [5.41, 5.74) is 6.46. The molecule has 1 unspecified atom stereocenters. The number of carbonyl (C=O) groups excluding carboxylic acids is 2. The van der Waals surface area contributed by atoms with E-state index in [9.17, 15) is 14.4 Å². The molecule has 2 amide bonds. The molecule has 0 saturated carbocycles. The van der Waals surface area contributed by atoms with Gasteiger partial charge < -0.3 is 0 Å². The highest BCUT2D eigenvalue weighted by molar-refractivity contribution is 5.98. The Kier molecular flexibility index (Phi) is 5.75. The molecular formula is C24H22N4O3. The van der Waals surface area contributed by atoms with E-state index in [1.165, 1.54) is 6.20 Å². The summed E-state index contributed by atoms with van der Waals surface area (Å²) in [7, 11) is 0. The van der Waals surface area contributed by atoms with Gasteiger partial charge in [-0.1, -0.05) is 48.5 Å². The zero-order valence-corrected chi connectivity index (χ0v) is 17.0. The second kappa shape index (κ2) is 8.79. The number of benzene rings is 2. The number of amides is 2. The van der Waals surface area contributed by atoms with E-state index >= 15 is 0 Å². The quantitative estimate of drug-likeness (QED) is 0.644. The van der Waals surface area contributed by atoms with Gasteiger partial charge in [-0.15, -0.1) is 0 Å². The van der Waals surface area contributed by atoms with Gasteiger partial charge >= 0.3 is 0 Å². The summed E-state index contributed by atoms with van der Waals surface area (Å²) in [6.45, 7) is 1.94. The number of carbonyl (C=O) groups is 2. The minimum absolute atomic E-state index is 0.0883. The first-order valence-corrected chi connectivity index (χ1v) is 10.1. The van der Waals surface area contributed by atoms with Crippen LogP contribution in [0.15, 0.2) is 71.7 Å². The number of fused-ring (bicyclic) bond motifs is 1. The standard InChI is InChI=1S/C24H22N4O3/c1-16-12-13-19(14-17-8-4-2-5-9-17)21-25-15-20(24(31)28(16)21)23(30)27-26-22(29)18-10-6-3-7-11-18/h2-11,14-16H,12-13H2,1H3,(H,26,29)(H,27,30)/b19-14-. The largest absolute Gasteiger partial charge is 0.289 e. The molecule has 0 aliphatic carbocycles. The first-order chi connectivity index (χ1) is 15.0. The highest BCUT2D eigenvalue weighted by Gasteiger charge is 2.25. The average molecular weight is 414 g/mol. The molecule has 0 saturated heterocycles. The Morgan fingerprint density at radius 1 is 1.00 bits per heavy atom. The van der Waals surface area contributed by atoms with Crippen LogP contribution in [0.5, 0.6) is 0 Å². The van der Waals surface area contributed by atoms with E-state index in [0.29, 0.717) is 11.4 Å². The van der Waals surface area contributed by atoms with Crippen molar-refractivity contribution in [3.63, 3.8) is 0 Å². The third-order valence-electron chi connectivity index (χ3n) is 5.26. The molecule has 2 aromatic carbocycles. The van der Waals surface area contributed by atoms with Crippen LogP contribution in [0, 0.1) is 0 Å². The van der Waals surface area contributed by atoms with Crippen LogP contribution in [0.2, 0.25) is 0 Å². The first-order valence-electron chi connectivity index (χ1n) is 10.1. The molecule has 31 heavy (non-hydrogen) atoms. The summed E-state index contributed by atoms with van der Waals surface area (Å²) in [5.74, 6) is -0.609. The molecule has 7 nitrogen and oxygen atoms in total. The summed E-state index contributed by atoms with van der Waals surface area (Å²) in [6.07, 6.45) is 4.85. The summed E-state index contributed by atoms with van der Waals surface area (Å²) in [5, 5.41) is 0. The highest BCUT2D eigenvalue weighted by atomic mass is 16.2. The minimum Gasteiger partial charge on any atom is -0.289 e. The topological polar surface area (TPSA) is 93.1 Å². The summed E-state index contributed by atoms with van der Waals surface area (Å²) < 4.78 is 1.56. The van der Waals surface area contributed by atoms with Crippen molar-refractivity contribution in [1.82, 2.24) is 20.4 Å². The molecule has 7 heteroatoms. The van der Waals surface area contributed by atoms with E-state index in [1.54, 1.807) is 34.9 Å². The van der Waals surface area contributed by atoms with Gasteiger partial charge in [-0.3, -0.25) is 29.8 Å². The van der Waals surface area contributed by atoms with E-state index in [2.05, 4.69) is 15.8 Å². The number of aromatic nitrogens is 2. The third-order valence-corrected chi connectivity index (χ3v) is 5.26. The van der Waals surface area contributed by atoms with Crippen molar-refractivity contribution in [1.29, 1.82) is 0 Å². The van der Waals surface area contributed by atoms with E-state index < -0.39 is 17.4 Å². The van der Waals surface area contributed by atoms with Crippen molar-refractivity contribution >= 4 is 23.5 Å². The van der Waals surface area contributed by atoms with Crippen molar-refractivity contribution in [3.8, 4) is 0 Å². The molecule has 156 valence electrons. The molecule has 2 N–H and O–H groups in total. The molecule has 0 bridgehead atoms. The molecular weight excluding hydrogens is 392 g/mol. The smallest absolute Gasteiger partial charge is 0.276 e. The zero-order valence-electron chi connectivity index (χ0n) is 17.0. The number of hydrazine groups is 1. The summed E-state index contributed by atoms with van der Waals surface area (Å²) >= 11 is 0. The fraction of sp³-hybridized carbons (Fsp3) is 0.167. The molecule has 2 heterocycles. The van der Waals surface area contributed by atoms with Gasteiger partial charge in [0.25, 0.3) is 17.4 Å². The maximum absolute atomic E-state index is 13.1. The number of nitrogens with zero attached hydrogens (tertiary/aromatic N) is 2. The van der Waals surface area contributed by atoms with Crippen LogP contribution in [0.3, 0.4) is 0 Å². The predicted molar refractivity (Wildman–Crippen MR) is 118 cm³/mol. The van der Waals surface area contributed by atoms with Crippen molar-refractivity contribution in [2.75, 3.05) is 0 Å². The van der Waals surface area contributed by atoms with Crippen molar-refractivity contribution in [2.24, 2.45) is 0 Å². The van der Waals surface area contributed by atoms with Crippen LogP contribution in [0.1, 0.15) is 57.9 Å². The summed E-state index contributed by atoms with van der Waals surface area (Å²) in [6, 6.07) is 18.2. The zero-order chi connectivity index (χ0) is 21.8. The summed E-state index contributed by atoms with van der Waals surface area (Å²) in [4.78, 5) is 42.2. The molecule has 3 aromatic rings. The van der Waals surface area contributed by atoms with Gasteiger partial charge in [0.2, 0.25) is 0 Å². The normalized spacial score (nSPS) is 16.4. The maximum Gasteiger partial charge on any atom is 0.276 e. The number of hydrogen-bond donors (Lipinski definition) is 2. The lowest BCUT2D eigenvalue weighted by atomic mass is 9.97. The van der Waals surface area contributed by atoms with Gasteiger partial charge in [-0.2, -0.15) is 0 Å². The van der Waals surface area contributed by atoms with Gasteiger partial charge in [0.05, 0.1) is 0 Å². The Morgan fingerprint density at radius 3 is 2.35 bits per heavy atom. The second-order valence-corrected chi connectivity index (χ2v) is 7.41. The highest BCUT2D eigenvalue weighted by Crippen LogP contribution is 2.31. The molecule has 4 rings (SSSR count). The molecule has 0 spiro atoms. The van der Waals surface area contributed by atoms with E-state index in [4.69, 9.17) is 0 Å². The van der Waals surface area contributed by atoms with E-state index in [-0.39, 0.29) is 11.6 Å². The van der Waals surface area contributed by atoms with Crippen molar-refractivity contribution < 1.29 is 9.59 Å². The van der Waals surface area contributed by atoms with Crippen LogP contribution < -0.4 is 16.4 Å². The lowest BCUT2D eigenvalue weighted by Gasteiger charge is -2.26. The van der Waals surface area contributed by atoms with Crippen molar-refractivity contribution in [3.05, 3.63) is 99.7 Å². The third kappa shape index (κ3) is 4.30. The molecule has 0 radical (unpaired) electrons. The maximum atomic E-state index is 13.1. The molecule has 1 aliphatic rings. The number of hydrogen-bond acceptors (Lipinski definition) is 4. The van der Waals surface area contributed by atoms with Crippen LogP contribution in [0.4, 0.5) is 0 Å². The lowest BCUT2D eigenvalue weighted by Crippen LogP contribution is -2.45. The van der Waals surface area contributed by atoms with Gasteiger partial charge in [-0.25, -0.2) is 4.98 Å². The molecule has 1 aliphatic heterocycles. The average Bonchev–Trinajstić information content (AvgIpc) is 2.80. The van der Waals surface area contributed by atoms with Crippen LogP contribution >= 0.6 is 0 Å². The fourth-order valence-corrected chi connectivity index (χ4v) is 3.61. The molecule has 1 aromatic heterocycles. The van der Waals surface area contributed by atoms with Crippen LogP contribution in [0.25, 0.3) is 11.6 Å². The van der Waals surface area contributed by atoms with Crippen LogP contribution in [-0.2, 0) is 0 Å². The Labute approximate surface area is 179 Å². The predicted octanol–water partition coefficient (Wildman–Crippen LogP) is 3.21. The minimum atomic E-state index is -0.705. The van der Waals surface area contributed by atoms with E-state index in [0.717, 1.165) is 24.0 Å². The SMILES string of the molecule is CC1CC/C(=C/c2ccccc2)c2ncc(C(=O)NNC(=O)c3ccccc3)c(=O)n21. The van der Waals surface area contributed by atoms with Crippen LogP contribution in [-0.4, -0.2) is 21.4 Å². The Balaban J connectivity index is 1.59. The fourth-order valence-electron chi connectivity index (χ4n) is 3.61. The second-order valence-electron chi connectivity index (χ2n) is 7.41. The lowest BCUT2D eigenvalue weighted by molar-refractivity contribution is 0.0845. The van der Waals surface area contributed by atoms with Gasteiger partial charge in [0.15, 0.2) is 0 Å². The molecule has 1 atom stereocenters. The van der Waals surface area contributed by atoms with Gasteiger partial charge in [0, 0.05) is 17.8 Å². The number of nitrogens with one attached hydrogen (secondary N) is 2. The van der Waals surface area contributed by atoms with Gasteiger partial charge in [-0.05, 0) is 49.1 Å².